The van der Waals surface area contributed by atoms with E-state index < -0.39 is 0 Å². The van der Waals surface area contributed by atoms with Gasteiger partial charge in [0.2, 0.25) is 0 Å². The number of benzene rings is 3. The fourth-order valence-electron chi connectivity index (χ4n) is 11.4. The van der Waals surface area contributed by atoms with Crippen LogP contribution < -0.4 is 0 Å². The molecular weight excluding hydrogens is 977 g/mol. The molecule has 0 amide bonds. The molecule has 3 aromatic rings. The summed E-state index contributed by atoms with van der Waals surface area (Å²) in [5, 5.41) is 0. The first-order valence-corrected chi connectivity index (χ1v) is 35.2. The summed E-state index contributed by atoms with van der Waals surface area (Å²) < 4.78 is 0. The van der Waals surface area contributed by atoms with Crippen LogP contribution in [0.5, 0.6) is 0 Å². The average molecular weight is 1110 g/mol. The quantitative estimate of drug-likeness (QED) is 0.0306. The van der Waals surface area contributed by atoms with E-state index in [1.165, 1.54) is 296 Å². The second-order valence-electron chi connectivity index (χ2n) is 24.8. The molecule has 2 nitrogen and oxygen atoms in total. The van der Waals surface area contributed by atoms with Crippen LogP contribution in [0.1, 0.15) is 351 Å². The zero-order valence-corrected chi connectivity index (χ0v) is 55.6. The van der Waals surface area contributed by atoms with Crippen molar-refractivity contribution in [3.8, 4) is 0 Å². The van der Waals surface area contributed by atoms with Gasteiger partial charge in [-0.3, -0.25) is 9.98 Å². The first kappa shape index (κ1) is 75.5. The van der Waals surface area contributed by atoms with Crippen LogP contribution in [0, 0.1) is 18.8 Å². The van der Waals surface area contributed by atoms with Crippen molar-refractivity contribution in [2.24, 2.45) is 21.8 Å². The molecule has 0 spiro atoms. The highest BCUT2D eigenvalue weighted by atomic mass is 14.7. The van der Waals surface area contributed by atoms with Gasteiger partial charge in [-0.1, -0.05) is 378 Å². The Labute approximate surface area is 506 Å². The molecule has 0 aliphatic heterocycles. The largest absolute Gasteiger partial charge is 0.285 e. The third-order valence-corrected chi connectivity index (χ3v) is 17.5. The molecule has 0 aliphatic carbocycles. The summed E-state index contributed by atoms with van der Waals surface area (Å²) in [6.07, 6.45) is 61.3. The Morgan fingerprint density at radius 2 is 0.778 bits per heavy atom. The van der Waals surface area contributed by atoms with Gasteiger partial charge in [-0.15, -0.1) is 0 Å². The Hall–Kier alpha value is -3.52. The molecule has 3 rings (SSSR count). The van der Waals surface area contributed by atoms with E-state index in [0.717, 1.165) is 48.7 Å². The summed E-state index contributed by atoms with van der Waals surface area (Å²) >= 11 is 0. The molecule has 0 aliphatic rings. The molecule has 0 heterocycles. The molecule has 2 atom stereocenters. The Morgan fingerprint density at radius 3 is 1.12 bits per heavy atom. The smallest absolute Gasteiger partial charge is 0.0643 e. The first-order valence-electron chi connectivity index (χ1n) is 35.2. The van der Waals surface area contributed by atoms with Gasteiger partial charge in [0.05, 0.1) is 12.2 Å². The molecule has 0 aromatic heterocycles. The number of hydrogen-bond donors (Lipinski definition) is 0. The molecule has 2 heteroatoms. The molecule has 0 saturated heterocycles. The second-order valence-corrected chi connectivity index (χ2v) is 24.8. The summed E-state index contributed by atoms with van der Waals surface area (Å²) in [4.78, 5) is 8.74. The normalized spacial score (nSPS) is 12.1. The lowest BCUT2D eigenvalue weighted by Gasteiger charge is -2.15. The van der Waals surface area contributed by atoms with Crippen LogP contribution in [-0.4, -0.2) is 12.4 Å². The lowest BCUT2D eigenvalue weighted by atomic mass is 9.91. The summed E-state index contributed by atoms with van der Waals surface area (Å²) in [5.74, 6) is 1.28. The number of aliphatic imine (C=N–C) groups is 2. The predicted octanol–water partition coefficient (Wildman–Crippen LogP) is 26.5. The van der Waals surface area contributed by atoms with Crippen molar-refractivity contribution < 1.29 is 0 Å². The van der Waals surface area contributed by atoms with Crippen LogP contribution in [0.4, 0.5) is 0 Å². The Kier molecular flexibility index (Phi) is 50.7. The Bertz CT molecular complexity index is 1930. The van der Waals surface area contributed by atoms with E-state index in [1.807, 2.05) is 13.8 Å². The third kappa shape index (κ3) is 42.0. The predicted molar refractivity (Wildman–Crippen MR) is 370 cm³/mol. The summed E-state index contributed by atoms with van der Waals surface area (Å²) in [6, 6.07) is 24.4. The zero-order valence-electron chi connectivity index (χ0n) is 55.6. The van der Waals surface area contributed by atoms with Crippen molar-refractivity contribution in [3.05, 3.63) is 124 Å². The lowest BCUT2D eigenvalue weighted by Crippen LogP contribution is -2.03. The van der Waals surface area contributed by atoms with E-state index in [1.54, 1.807) is 0 Å². The van der Waals surface area contributed by atoms with Crippen LogP contribution in [0.25, 0.3) is 5.70 Å². The van der Waals surface area contributed by atoms with Crippen molar-refractivity contribution in [2.45, 2.75) is 345 Å². The second kappa shape index (κ2) is 54.4. The summed E-state index contributed by atoms with van der Waals surface area (Å²) in [7, 11) is 0. The highest BCUT2D eigenvalue weighted by molar-refractivity contribution is 5.98. The number of allylic oxidation sites excluding steroid dienone is 1. The standard InChI is InChI=1S/C62H107N.C15H21N.C2H6/c1-6-8-9-10-11-12-13-14-15-16-17-18-19-20-21-22-23-24-25-26-27-28-29-30-31-32-33-34-35-36-37-38-39-40-41-42-43-44-45-56(3)57(4)54-60-46-48-61(49-47-60)55-63-58(5)62-52-50-59(7-2)51-53-62;1-6-11(2)9-14-7-8-15(12(3)10-14)13(4)16-5;1-2/h46-53,57H,3,6-45,54-55H2,1-2,4-5H3;7-8,10-11H,4-6,9H2,1-3H3;1-2H3. The minimum atomic E-state index is 0.542. The van der Waals surface area contributed by atoms with Crippen LogP contribution in [0.15, 0.2) is 95.4 Å². The Morgan fingerprint density at radius 1 is 0.432 bits per heavy atom. The minimum absolute atomic E-state index is 0.542. The molecule has 460 valence electrons. The molecule has 0 saturated carbocycles. The molecule has 3 aromatic carbocycles. The van der Waals surface area contributed by atoms with Gasteiger partial charge in [-0.25, -0.2) is 0 Å². The highest BCUT2D eigenvalue weighted by Gasteiger charge is 2.10. The van der Waals surface area contributed by atoms with Crippen molar-refractivity contribution in [1.29, 1.82) is 0 Å². The van der Waals surface area contributed by atoms with Crippen molar-refractivity contribution >= 4 is 18.1 Å². The van der Waals surface area contributed by atoms with Gasteiger partial charge < -0.3 is 0 Å². The van der Waals surface area contributed by atoms with Gasteiger partial charge in [-0.2, -0.15) is 0 Å². The van der Waals surface area contributed by atoms with Gasteiger partial charge in [0.1, 0.15) is 0 Å². The fraction of sp³-hybridized carbons (Fsp3) is 0.696. The van der Waals surface area contributed by atoms with Gasteiger partial charge in [-0.05, 0) is 97.9 Å². The van der Waals surface area contributed by atoms with E-state index in [4.69, 9.17) is 4.99 Å². The van der Waals surface area contributed by atoms with E-state index >= 15 is 0 Å². The fourth-order valence-corrected chi connectivity index (χ4v) is 11.4. The van der Waals surface area contributed by atoms with Gasteiger partial charge in [0.25, 0.3) is 0 Å². The number of hydrogen-bond acceptors (Lipinski definition) is 2. The minimum Gasteiger partial charge on any atom is -0.285 e. The van der Waals surface area contributed by atoms with Crippen molar-refractivity contribution in [2.75, 3.05) is 0 Å². The number of rotatable bonds is 51. The Balaban J connectivity index is 0.00000154. The monoisotopic (exact) mass is 1110 g/mol. The van der Waals surface area contributed by atoms with Gasteiger partial charge in [0.15, 0.2) is 0 Å². The maximum Gasteiger partial charge on any atom is 0.0643 e. The maximum absolute atomic E-state index is 4.86. The number of aryl methyl sites for hydroxylation is 2. The lowest BCUT2D eigenvalue weighted by molar-refractivity contribution is 0.509. The average Bonchev–Trinajstić information content (AvgIpc) is 3.49. The van der Waals surface area contributed by atoms with Crippen molar-refractivity contribution in [1.82, 2.24) is 0 Å². The molecule has 0 N–H and O–H groups in total. The third-order valence-electron chi connectivity index (χ3n) is 17.5. The van der Waals surface area contributed by atoms with Crippen molar-refractivity contribution in [3.63, 3.8) is 0 Å². The molecule has 0 radical (unpaired) electrons. The molecule has 2 unspecified atom stereocenters. The molecular formula is C79H134N2. The van der Waals surface area contributed by atoms with Gasteiger partial charge >= 0.3 is 0 Å². The maximum atomic E-state index is 4.86. The number of unbranched alkanes of at least 4 members (excludes halogenated alkanes) is 37. The SMILES string of the molecule is C=C(CCCCCCCCCCCCCCCCCCCCCCCCCCCCCCCCCCCCCCCC)C(C)Cc1ccc(CN=C(C)c2ccc(CC)cc2)cc1.C=NC(=C)c1ccc(CC(C)CC)cc1C.CC. The van der Waals surface area contributed by atoms with Gasteiger partial charge in [0, 0.05) is 11.3 Å². The molecule has 0 bridgehead atoms. The van der Waals surface area contributed by atoms with E-state index in [0.29, 0.717) is 5.92 Å². The number of nitrogens with zero attached hydrogens (tertiary/aromatic N) is 2. The van der Waals surface area contributed by atoms with Crippen LogP contribution in [0.2, 0.25) is 0 Å². The highest BCUT2D eigenvalue weighted by Crippen LogP contribution is 2.24. The van der Waals surface area contributed by atoms with Crippen LogP contribution in [0.3, 0.4) is 0 Å². The van der Waals surface area contributed by atoms with E-state index in [-0.39, 0.29) is 0 Å². The summed E-state index contributed by atoms with van der Waals surface area (Å²) in [6.45, 7) is 32.2. The van der Waals surface area contributed by atoms with E-state index in [9.17, 15) is 0 Å². The topological polar surface area (TPSA) is 24.7 Å². The zero-order chi connectivity index (χ0) is 59.2. The van der Waals surface area contributed by atoms with Crippen LogP contribution in [-0.2, 0) is 25.8 Å². The summed E-state index contributed by atoms with van der Waals surface area (Å²) in [5.41, 5.74) is 12.3. The molecule has 0 fully saturated rings. The molecule has 81 heavy (non-hydrogen) atoms. The van der Waals surface area contributed by atoms with E-state index in [2.05, 4.69) is 140 Å². The first-order chi connectivity index (χ1) is 39.6. The van der Waals surface area contributed by atoms with Crippen LogP contribution >= 0.6 is 0 Å².